The standard InChI is InChI=1S/C12H19NOS/c1-9(8-14)6-13-7-11-5-10-3-2-4-12(10)15-11/h5,9,13-14H,2-4,6-8H2,1H3. The highest BCUT2D eigenvalue weighted by atomic mass is 32.1. The van der Waals surface area contributed by atoms with Crippen molar-refractivity contribution >= 4 is 11.3 Å². The van der Waals surface area contributed by atoms with E-state index in [-0.39, 0.29) is 6.61 Å². The van der Waals surface area contributed by atoms with Crippen LogP contribution in [0.4, 0.5) is 0 Å². The fraction of sp³-hybridized carbons (Fsp3) is 0.667. The van der Waals surface area contributed by atoms with Gasteiger partial charge in [-0.05, 0) is 36.8 Å². The van der Waals surface area contributed by atoms with E-state index in [0.717, 1.165) is 13.1 Å². The summed E-state index contributed by atoms with van der Waals surface area (Å²) in [6.45, 7) is 4.19. The summed E-state index contributed by atoms with van der Waals surface area (Å²) in [6, 6.07) is 2.35. The van der Waals surface area contributed by atoms with E-state index in [1.165, 1.54) is 24.1 Å². The van der Waals surface area contributed by atoms with E-state index in [1.807, 2.05) is 11.3 Å². The van der Waals surface area contributed by atoms with E-state index in [9.17, 15) is 0 Å². The fourth-order valence-corrected chi connectivity index (χ4v) is 3.21. The minimum atomic E-state index is 0.272. The maximum atomic E-state index is 8.89. The molecule has 2 N–H and O–H groups in total. The van der Waals surface area contributed by atoms with Crippen molar-refractivity contribution in [1.29, 1.82) is 0 Å². The fourth-order valence-electron chi connectivity index (χ4n) is 1.98. The summed E-state index contributed by atoms with van der Waals surface area (Å²) in [7, 11) is 0. The van der Waals surface area contributed by atoms with Gasteiger partial charge in [0.25, 0.3) is 0 Å². The molecule has 0 fully saturated rings. The van der Waals surface area contributed by atoms with Crippen molar-refractivity contribution in [2.75, 3.05) is 13.2 Å². The predicted molar refractivity (Wildman–Crippen MR) is 64.3 cm³/mol. The molecule has 3 heteroatoms. The number of hydrogen-bond acceptors (Lipinski definition) is 3. The lowest BCUT2D eigenvalue weighted by molar-refractivity contribution is 0.233. The summed E-state index contributed by atoms with van der Waals surface area (Å²) in [5.74, 6) is 0.358. The van der Waals surface area contributed by atoms with Crippen LogP contribution < -0.4 is 5.32 Å². The molecule has 1 aromatic rings. The second kappa shape index (κ2) is 5.10. The second-order valence-corrected chi connectivity index (χ2v) is 5.65. The third kappa shape index (κ3) is 2.80. The molecule has 84 valence electrons. The molecule has 1 unspecified atom stereocenters. The molecule has 1 aromatic heterocycles. The molecular weight excluding hydrogens is 206 g/mol. The molecule has 0 bridgehead atoms. The van der Waals surface area contributed by atoms with E-state index in [0.29, 0.717) is 5.92 Å². The third-order valence-electron chi connectivity index (χ3n) is 2.90. The normalized spacial score (nSPS) is 16.7. The number of aryl methyl sites for hydroxylation is 2. The van der Waals surface area contributed by atoms with Gasteiger partial charge in [0.1, 0.15) is 0 Å². The molecular formula is C12H19NOS. The maximum Gasteiger partial charge on any atom is 0.0468 e. The monoisotopic (exact) mass is 225 g/mol. The number of aliphatic hydroxyl groups is 1. The number of hydrogen-bond donors (Lipinski definition) is 2. The van der Waals surface area contributed by atoms with Crippen molar-refractivity contribution < 1.29 is 5.11 Å². The van der Waals surface area contributed by atoms with Gasteiger partial charge >= 0.3 is 0 Å². The van der Waals surface area contributed by atoms with Crippen LogP contribution in [-0.4, -0.2) is 18.3 Å². The van der Waals surface area contributed by atoms with Gasteiger partial charge in [-0.15, -0.1) is 11.3 Å². The first kappa shape index (κ1) is 11.1. The van der Waals surface area contributed by atoms with Crippen molar-refractivity contribution in [3.63, 3.8) is 0 Å². The number of thiophene rings is 1. The first-order valence-corrected chi connectivity index (χ1v) is 6.53. The largest absolute Gasteiger partial charge is 0.396 e. The molecule has 0 spiro atoms. The number of aliphatic hydroxyl groups excluding tert-OH is 1. The van der Waals surface area contributed by atoms with E-state index >= 15 is 0 Å². The molecule has 1 atom stereocenters. The first-order valence-electron chi connectivity index (χ1n) is 5.71. The minimum Gasteiger partial charge on any atom is -0.396 e. The van der Waals surface area contributed by atoms with Crippen LogP contribution in [0.5, 0.6) is 0 Å². The zero-order chi connectivity index (χ0) is 10.7. The molecule has 0 aromatic carbocycles. The lowest BCUT2D eigenvalue weighted by Gasteiger charge is -2.08. The van der Waals surface area contributed by atoms with Gasteiger partial charge in [0.15, 0.2) is 0 Å². The highest BCUT2D eigenvalue weighted by Crippen LogP contribution is 2.30. The molecule has 0 saturated heterocycles. The SMILES string of the molecule is CC(CO)CNCc1cc2c(s1)CCC2. The Morgan fingerprint density at radius 1 is 1.53 bits per heavy atom. The van der Waals surface area contributed by atoms with Crippen LogP contribution in [0.3, 0.4) is 0 Å². The molecule has 0 saturated carbocycles. The second-order valence-electron chi connectivity index (χ2n) is 4.43. The van der Waals surface area contributed by atoms with Crippen LogP contribution in [-0.2, 0) is 19.4 Å². The van der Waals surface area contributed by atoms with Gasteiger partial charge in [0, 0.05) is 29.5 Å². The van der Waals surface area contributed by atoms with E-state index in [2.05, 4.69) is 18.3 Å². The third-order valence-corrected chi connectivity index (χ3v) is 4.14. The van der Waals surface area contributed by atoms with Gasteiger partial charge in [-0.3, -0.25) is 0 Å². The molecule has 15 heavy (non-hydrogen) atoms. The maximum absolute atomic E-state index is 8.89. The lowest BCUT2D eigenvalue weighted by atomic mass is 10.2. The van der Waals surface area contributed by atoms with E-state index in [1.54, 1.807) is 10.4 Å². The highest BCUT2D eigenvalue weighted by molar-refractivity contribution is 7.12. The van der Waals surface area contributed by atoms with Crippen LogP contribution in [0, 0.1) is 5.92 Å². The summed E-state index contributed by atoms with van der Waals surface area (Å²) >= 11 is 1.96. The van der Waals surface area contributed by atoms with E-state index < -0.39 is 0 Å². The average molecular weight is 225 g/mol. The van der Waals surface area contributed by atoms with Gasteiger partial charge in [-0.2, -0.15) is 0 Å². The van der Waals surface area contributed by atoms with Gasteiger partial charge in [-0.1, -0.05) is 6.92 Å². The van der Waals surface area contributed by atoms with Crippen LogP contribution in [0.25, 0.3) is 0 Å². The van der Waals surface area contributed by atoms with Crippen molar-refractivity contribution in [1.82, 2.24) is 5.32 Å². The lowest BCUT2D eigenvalue weighted by Crippen LogP contribution is -2.22. The number of nitrogens with one attached hydrogen (secondary N) is 1. The van der Waals surface area contributed by atoms with Gasteiger partial charge in [0.2, 0.25) is 0 Å². The Morgan fingerprint density at radius 2 is 2.40 bits per heavy atom. The molecule has 2 nitrogen and oxygen atoms in total. The molecule has 2 rings (SSSR count). The Kier molecular flexibility index (Phi) is 3.78. The topological polar surface area (TPSA) is 32.3 Å². The van der Waals surface area contributed by atoms with Crippen LogP contribution in [0.1, 0.15) is 28.7 Å². The Morgan fingerprint density at radius 3 is 3.13 bits per heavy atom. The summed E-state index contributed by atoms with van der Waals surface area (Å²) in [4.78, 5) is 3.05. The van der Waals surface area contributed by atoms with Crippen LogP contribution >= 0.6 is 11.3 Å². The molecule has 0 radical (unpaired) electrons. The van der Waals surface area contributed by atoms with Crippen LogP contribution in [0.15, 0.2) is 6.07 Å². The van der Waals surface area contributed by atoms with Crippen molar-refractivity contribution in [3.8, 4) is 0 Å². The molecule has 1 aliphatic carbocycles. The predicted octanol–water partition coefficient (Wildman–Crippen LogP) is 1.95. The van der Waals surface area contributed by atoms with Gasteiger partial charge in [0.05, 0.1) is 0 Å². The van der Waals surface area contributed by atoms with Gasteiger partial charge in [-0.25, -0.2) is 0 Å². The minimum absolute atomic E-state index is 0.272. The quantitative estimate of drug-likeness (QED) is 0.803. The zero-order valence-electron chi connectivity index (χ0n) is 9.25. The summed E-state index contributed by atoms with van der Waals surface area (Å²) < 4.78 is 0. The Hall–Kier alpha value is -0.380. The van der Waals surface area contributed by atoms with Crippen LogP contribution in [0.2, 0.25) is 0 Å². The summed E-state index contributed by atoms with van der Waals surface area (Å²) in [6.07, 6.45) is 3.91. The van der Waals surface area contributed by atoms with Crippen molar-refractivity contribution in [2.24, 2.45) is 5.92 Å². The van der Waals surface area contributed by atoms with Crippen molar-refractivity contribution in [3.05, 3.63) is 21.4 Å². The number of rotatable bonds is 5. The Bertz CT molecular complexity index is 300. The summed E-state index contributed by atoms with van der Waals surface area (Å²) in [5, 5.41) is 12.3. The first-order chi connectivity index (χ1) is 7.29. The van der Waals surface area contributed by atoms with Crippen molar-refractivity contribution in [2.45, 2.75) is 32.7 Å². The average Bonchev–Trinajstić information content (AvgIpc) is 2.77. The van der Waals surface area contributed by atoms with E-state index in [4.69, 9.17) is 5.11 Å². The highest BCUT2D eigenvalue weighted by Gasteiger charge is 2.14. The Labute approximate surface area is 95.3 Å². The molecule has 1 heterocycles. The summed E-state index contributed by atoms with van der Waals surface area (Å²) in [5.41, 5.74) is 1.58. The number of fused-ring (bicyclic) bond motifs is 1. The smallest absolute Gasteiger partial charge is 0.0468 e. The molecule has 1 aliphatic rings. The molecule has 0 aliphatic heterocycles. The van der Waals surface area contributed by atoms with Gasteiger partial charge < -0.3 is 10.4 Å². The Balaban J connectivity index is 1.79. The zero-order valence-corrected chi connectivity index (χ0v) is 10.1. The molecule has 0 amide bonds.